The van der Waals surface area contributed by atoms with Crippen LogP contribution in [0.5, 0.6) is 5.75 Å². The SMILES string of the molecule is CCC1CCC2(CC1)C(OC(C)=O)C(=O)N2c1ccc(OC)cc1. The summed E-state index contributed by atoms with van der Waals surface area (Å²) in [6.07, 6.45) is 4.39. The summed E-state index contributed by atoms with van der Waals surface area (Å²) in [7, 11) is 1.62. The average Bonchev–Trinajstić information content (AvgIpc) is 2.61. The molecule has 0 N–H and O–H groups in total. The van der Waals surface area contributed by atoms with E-state index < -0.39 is 6.10 Å². The Bertz CT molecular complexity index is 617. The molecule has 24 heavy (non-hydrogen) atoms. The van der Waals surface area contributed by atoms with Crippen molar-refractivity contribution >= 4 is 17.6 Å². The number of ether oxygens (including phenoxy) is 2. The van der Waals surface area contributed by atoms with Crippen molar-refractivity contribution in [2.75, 3.05) is 12.0 Å². The largest absolute Gasteiger partial charge is 0.497 e. The van der Waals surface area contributed by atoms with Crippen molar-refractivity contribution in [2.24, 2.45) is 5.92 Å². The van der Waals surface area contributed by atoms with Gasteiger partial charge in [0.25, 0.3) is 5.91 Å². The fraction of sp³-hybridized carbons (Fsp3) is 0.579. The molecular formula is C19H25NO4. The molecule has 3 rings (SSSR count). The van der Waals surface area contributed by atoms with E-state index in [1.165, 1.54) is 6.92 Å². The van der Waals surface area contributed by atoms with Crippen molar-refractivity contribution in [1.82, 2.24) is 0 Å². The molecule has 0 aromatic heterocycles. The molecule has 1 saturated heterocycles. The van der Waals surface area contributed by atoms with Crippen LogP contribution in [0.15, 0.2) is 24.3 Å². The van der Waals surface area contributed by atoms with E-state index in [0.717, 1.165) is 43.5 Å². The fourth-order valence-electron chi connectivity index (χ4n) is 4.13. The van der Waals surface area contributed by atoms with Crippen LogP contribution in [0.25, 0.3) is 0 Å². The minimum Gasteiger partial charge on any atom is -0.497 e. The molecule has 1 unspecified atom stereocenters. The standard InChI is InChI=1S/C19H25NO4/c1-4-14-9-11-19(12-10-14)17(24-13(2)21)18(22)20(19)15-5-7-16(23-3)8-6-15/h5-8,14,17H,4,9-12H2,1-3H3. The zero-order chi connectivity index (χ0) is 17.3. The van der Waals surface area contributed by atoms with Gasteiger partial charge >= 0.3 is 5.97 Å². The number of amides is 1. The first-order valence-electron chi connectivity index (χ1n) is 8.67. The second-order valence-corrected chi connectivity index (χ2v) is 6.82. The van der Waals surface area contributed by atoms with Crippen LogP contribution in [-0.2, 0) is 14.3 Å². The smallest absolute Gasteiger partial charge is 0.303 e. The minimum absolute atomic E-state index is 0.120. The first kappa shape index (κ1) is 16.8. The molecular weight excluding hydrogens is 306 g/mol. The van der Waals surface area contributed by atoms with Gasteiger partial charge in [0.05, 0.1) is 12.6 Å². The van der Waals surface area contributed by atoms with E-state index in [0.29, 0.717) is 5.92 Å². The topological polar surface area (TPSA) is 55.8 Å². The number of benzene rings is 1. The number of esters is 1. The Labute approximate surface area is 142 Å². The lowest BCUT2D eigenvalue weighted by Gasteiger charge is -2.58. The number of nitrogens with zero attached hydrogens (tertiary/aromatic N) is 1. The number of hydrogen-bond acceptors (Lipinski definition) is 4. The Kier molecular flexibility index (Phi) is 4.52. The Morgan fingerprint density at radius 1 is 1.25 bits per heavy atom. The minimum atomic E-state index is -0.644. The van der Waals surface area contributed by atoms with E-state index in [-0.39, 0.29) is 17.4 Å². The molecule has 1 aromatic rings. The van der Waals surface area contributed by atoms with Crippen LogP contribution in [0.3, 0.4) is 0 Å². The molecule has 2 aliphatic rings. The lowest BCUT2D eigenvalue weighted by molar-refractivity contribution is -0.169. The summed E-state index contributed by atoms with van der Waals surface area (Å²) in [6.45, 7) is 3.58. The summed E-state index contributed by atoms with van der Waals surface area (Å²) in [5, 5.41) is 0. The van der Waals surface area contributed by atoms with Crippen LogP contribution in [0.4, 0.5) is 5.69 Å². The number of rotatable bonds is 4. The molecule has 1 spiro atoms. The van der Waals surface area contributed by atoms with Gasteiger partial charge in [-0.15, -0.1) is 0 Å². The number of β-lactam (4-membered cyclic amide) rings is 1. The van der Waals surface area contributed by atoms with E-state index >= 15 is 0 Å². The third-order valence-electron chi connectivity index (χ3n) is 5.54. The van der Waals surface area contributed by atoms with E-state index in [9.17, 15) is 9.59 Å². The van der Waals surface area contributed by atoms with Crippen molar-refractivity contribution in [3.8, 4) is 5.75 Å². The number of hydrogen-bond donors (Lipinski definition) is 0. The molecule has 1 aliphatic carbocycles. The lowest BCUT2D eigenvalue weighted by atomic mass is 9.66. The monoisotopic (exact) mass is 331 g/mol. The highest BCUT2D eigenvalue weighted by atomic mass is 16.6. The van der Waals surface area contributed by atoms with Gasteiger partial charge in [-0.3, -0.25) is 14.5 Å². The number of anilines is 1. The normalized spacial score (nSPS) is 29.3. The maximum atomic E-state index is 12.7. The second-order valence-electron chi connectivity index (χ2n) is 6.82. The predicted molar refractivity (Wildman–Crippen MR) is 91.0 cm³/mol. The highest BCUT2D eigenvalue weighted by molar-refractivity contribution is 6.07. The number of carbonyl (C=O) groups is 2. The number of carbonyl (C=O) groups excluding carboxylic acids is 2. The Morgan fingerprint density at radius 2 is 1.88 bits per heavy atom. The molecule has 1 atom stereocenters. The first-order chi connectivity index (χ1) is 11.5. The first-order valence-corrected chi connectivity index (χ1v) is 8.67. The van der Waals surface area contributed by atoms with Gasteiger partial charge in [0.1, 0.15) is 5.75 Å². The third kappa shape index (κ3) is 2.66. The highest BCUT2D eigenvalue weighted by Crippen LogP contribution is 2.49. The summed E-state index contributed by atoms with van der Waals surface area (Å²) in [5.41, 5.74) is 0.461. The predicted octanol–water partition coefficient (Wildman–Crippen LogP) is 3.31. The second kappa shape index (κ2) is 6.46. The van der Waals surface area contributed by atoms with Gasteiger partial charge < -0.3 is 9.47 Å². The highest BCUT2D eigenvalue weighted by Gasteiger charge is 2.63. The third-order valence-corrected chi connectivity index (χ3v) is 5.54. The Hall–Kier alpha value is -2.04. The summed E-state index contributed by atoms with van der Waals surface area (Å²) >= 11 is 0. The molecule has 5 heteroatoms. The van der Waals surface area contributed by atoms with Crippen LogP contribution in [0, 0.1) is 5.92 Å². The molecule has 130 valence electrons. The van der Waals surface area contributed by atoms with E-state index in [2.05, 4.69) is 6.92 Å². The number of methoxy groups -OCH3 is 1. The van der Waals surface area contributed by atoms with Crippen LogP contribution < -0.4 is 9.64 Å². The van der Waals surface area contributed by atoms with Gasteiger partial charge in [-0.1, -0.05) is 13.3 Å². The van der Waals surface area contributed by atoms with Gasteiger partial charge in [0.2, 0.25) is 6.10 Å². The maximum absolute atomic E-state index is 12.7. The van der Waals surface area contributed by atoms with Crippen molar-refractivity contribution in [3.05, 3.63) is 24.3 Å². The molecule has 1 saturated carbocycles. The van der Waals surface area contributed by atoms with Crippen LogP contribution in [0.2, 0.25) is 0 Å². The fourth-order valence-corrected chi connectivity index (χ4v) is 4.13. The molecule has 1 aliphatic heterocycles. The van der Waals surface area contributed by atoms with Crippen LogP contribution >= 0.6 is 0 Å². The Balaban J connectivity index is 1.89. The molecule has 1 amide bonds. The molecule has 0 bridgehead atoms. The molecule has 0 radical (unpaired) electrons. The zero-order valence-electron chi connectivity index (χ0n) is 14.6. The van der Waals surface area contributed by atoms with Gasteiger partial charge in [-0.25, -0.2) is 0 Å². The van der Waals surface area contributed by atoms with Crippen LogP contribution in [0.1, 0.15) is 46.0 Å². The van der Waals surface area contributed by atoms with Gasteiger partial charge in [-0.05, 0) is 55.9 Å². The summed E-state index contributed by atoms with van der Waals surface area (Å²) < 4.78 is 10.6. The summed E-state index contributed by atoms with van der Waals surface area (Å²) in [5.74, 6) is 0.944. The van der Waals surface area contributed by atoms with E-state index in [1.54, 1.807) is 7.11 Å². The van der Waals surface area contributed by atoms with Crippen LogP contribution in [-0.4, -0.2) is 30.6 Å². The van der Waals surface area contributed by atoms with Gasteiger partial charge in [0.15, 0.2) is 0 Å². The average molecular weight is 331 g/mol. The molecule has 1 heterocycles. The quantitative estimate of drug-likeness (QED) is 0.627. The van der Waals surface area contributed by atoms with Crippen molar-refractivity contribution in [1.29, 1.82) is 0 Å². The summed E-state index contributed by atoms with van der Waals surface area (Å²) in [4.78, 5) is 26.0. The van der Waals surface area contributed by atoms with E-state index in [1.807, 2.05) is 29.2 Å². The van der Waals surface area contributed by atoms with Crippen molar-refractivity contribution in [2.45, 2.75) is 57.6 Å². The van der Waals surface area contributed by atoms with Crippen molar-refractivity contribution < 1.29 is 19.1 Å². The van der Waals surface area contributed by atoms with Crippen molar-refractivity contribution in [3.63, 3.8) is 0 Å². The molecule has 1 aromatic carbocycles. The molecule has 2 fully saturated rings. The van der Waals surface area contributed by atoms with Gasteiger partial charge in [0, 0.05) is 12.6 Å². The zero-order valence-corrected chi connectivity index (χ0v) is 14.6. The summed E-state index contributed by atoms with van der Waals surface area (Å²) in [6, 6.07) is 7.50. The van der Waals surface area contributed by atoms with Gasteiger partial charge in [-0.2, -0.15) is 0 Å². The lowest BCUT2D eigenvalue weighted by Crippen LogP contribution is -2.76. The Morgan fingerprint density at radius 3 is 2.38 bits per heavy atom. The molecule has 5 nitrogen and oxygen atoms in total. The maximum Gasteiger partial charge on any atom is 0.303 e. The van der Waals surface area contributed by atoms with E-state index in [4.69, 9.17) is 9.47 Å².